The van der Waals surface area contributed by atoms with Gasteiger partial charge in [-0.1, -0.05) is 37.4 Å². The molecule has 0 radical (unpaired) electrons. The molecule has 2 atom stereocenters. The van der Waals surface area contributed by atoms with E-state index in [1.807, 2.05) is 23.5 Å². The number of hydrogen-bond donors (Lipinski definition) is 0. The minimum atomic E-state index is -0.379. The Hall–Kier alpha value is -0.780. The maximum Gasteiger partial charge on any atom is 0.330 e. The summed E-state index contributed by atoms with van der Waals surface area (Å²) < 4.78 is 11.1. The van der Waals surface area contributed by atoms with Gasteiger partial charge in [-0.05, 0) is 21.9 Å². The fraction of sp³-hybridized carbons (Fsp3) is 0.333. The Kier molecular flexibility index (Phi) is 12.6. The molecule has 0 N–H and O–H groups in total. The van der Waals surface area contributed by atoms with Crippen LogP contribution in [0.25, 0.3) is 0 Å². The van der Waals surface area contributed by atoms with Gasteiger partial charge in [-0.15, -0.1) is 47.0 Å². The number of ether oxygens (including phenoxy) is 2. The van der Waals surface area contributed by atoms with Crippen LogP contribution in [-0.2, 0) is 30.6 Å². The molecule has 1 aromatic carbocycles. The van der Waals surface area contributed by atoms with Gasteiger partial charge in [-0.2, -0.15) is 23.5 Å². The molecule has 0 aliphatic carbocycles. The number of carbonyl (C=O) groups excluding carboxylic acids is 2. The minimum absolute atomic E-state index is 0.335. The van der Waals surface area contributed by atoms with Crippen LogP contribution in [0.3, 0.4) is 0 Å². The lowest BCUT2D eigenvalue weighted by Crippen LogP contribution is -2.03. The quantitative estimate of drug-likeness (QED) is 0.174. The Morgan fingerprint density at radius 1 is 0.853 bits per heavy atom. The van der Waals surface area contributed by atoms with E-state index < -0.39 is 0 Å². The van der Waals surface area contributed by atoms with E-state index in [9.17, 15) is 9.59 Å². The van der Waals surface area contributed by atoms with Crippen LogP contribution in [-0.4, -0.2) is 45.8 Å². The zero-order chi connectivity index (χ0) is 24.2. The highest BCUT2D eigenvalue weighted by Gasteiger charge is 2.20. The molecule has 0 spiro atoms. The molecule has 2 heterocycles. The average molecular weight is 571 g/mol. The molecule has 4 nitrogen and oxygen atoms in total. The van der Waals surface area contributed by atoms with Crippen LogP contribution in [0.4, 0.5) is 0 Å². The van der Waals surface area contributed by atoms with Crippen molar-refractivity contribution in [2.75, 3.05) is 24.7 Å². The highest BCUT2D eigenvalue weighted by molar-refractivity contribution is 8.24. The van der Waals surface area contributed by atoms with Crippen LogP contribution in [0.15, 0.2) is 70.2 Å². The standard InChI is InChI=1S/C24H26O4S6/c1-3-21(25)27-9-19-13-31-23(33-19)15-29-11-17-6-5-7-18(8-17)12-30-16-24-32-14-20(34-24)10-28-22(26)4-2/h3-8,13-14,23-24H,1-2,9-12,15-16H2. The first kappa shape index (κ1) is 27.8. The third-order valence-electron chi connectivity index (χ3n) is 4.35. The Labute approximate surface area is 227 Å². The maximum absolute atomic E-state index is 11.2. The zero-order valence-corrected chi connectivity index (χ0v) is 23.4. The second kappa shape index (κ2) is 15.4. The second-order valence-electron chi connectivity index (χ2n) is 7.01. The van der Waals surface area contributed by atoms with Gasteiger partial charge in [-0.3, -0.25) is 0 Å². The smallest absolute Gasteiger partial charge is 0.330 e. The third kappa shape index (κ3) is 10.1. The predicted molar refractivity (Wildman–Crippen MR) is 155 cm³/mol. The predicted octanol–water partition coefficient (Wildman–Crippen LogP) is 6.91. The lowest BCUT2D eigenvalue weighted by Gasteiger charge is -2.11. The molecule has 0 aromatic heterocycles. The lowest BCUT2D eigenvalue weighted by molar-refractivity contribution is -0.137. The summed E-state index contributed by atoms with van der Waals surface area (Å²) in [5, 5.41) is 4.19. The first-order valence-corrected chi connectivity index (χ1v) is 16.3. The molecule has 10 heteroatoms. The van der Waals surface area contributed by atoms with Crippen molar-refractivity contribution in [3.05, 3.63) is 81.3 Å². The van der Waals surface area contributed by atoms with Gasteiger partial charge in [0.25, 0.3) is 0 Å². The number of thioether (sulfide) groups is 6. The van der Waals surface area contributed by atoms with E-state index in [4.69, 9.17) is 9.47 Å². The zero-order valence-electron chi connectivity index (χ0n) is 18.5. The molecular weight excluding hydrogens is 545 g/mol. The first-order valence-electron chi connectivity index (χ1n) is 10.4. The molecule has 0 bridgehead atoms. The number of carbonyl (C=O) groups is 2. The lowest BCUT2D eigenvalue weighted by atomic mass is 10.2. The summed E-state index contributed by atoms with van der Waals surface area (Å²) in [6.45, 7) is 7.50. The molecule has 0 saturated carbocycles. The molecule has 0 saturated heterocycles. The van der Waals surface area contributed by atoms with Crippen LogP contribution in [0.5, 0.6) is 0 Å². The maximum atomic E-state index is 11.2. The third-order valence-corrected chi connectivity index (χ3v) is 12.7. The van der Waals surface area contributed by atoms with E-state index in [0.29, 0.717) is 22.4 Å². The van der Waals surface area contributed by atoms with E-state index in [1.165, 1.54) is 23.3 Å². The molecule has 0 amide bonds. The van der Waals surface area contributed by atoms with E-state index in [2.05, 4.69) is 48.2 Å². The summed E-state index contributed by atoms with van der Waals surface area (Å²) in [5.74, 6) is 3.30. The fourth-order valence-electron chi connectivity index (χ4n) is 2.79. The van der Waals surface area contributed by atoms with Gasteiger partial charge in [0.15, 0.2) is 0 Å². The molecule has 2 aliphatic heterocycles. The van der Waals surface area contributed by atoms with Crippen LogP contribution < -0.4 is 0 Å². The van der Waals surface area contributed by atoms with Crippen molar-refractivity contribution in [1.82, 2.24) is 0 Å². The highest BCUT2D eigenvalue weighted by atomic mass is 32.2. The van der Waals surface area contributed by atoms with Gasteiger partial charge in [0.05, 0.1) is 9.16 Å². The SMILES string of the molecule is C=CC(=O)OCC1=CSC(CSCc2cccc(CSCC3SC=C(COC(=O)C=C)S3)c2)S1. The number of esters is 2. The molecule has 2 aliphatic rings. The Morgan fingerprint density at radius 3 is 1.76 bits per heavy atom. The minimum Gasteiger partial charge on any atom is -0.457 e. The Morgan fingerprint density at radius 2 is 1.32 bits per heavy atom. The number of rotatable bonds is 14. The molecule has 0 fully saturated rings. The monoisotopic (exact) mass is 570 g/mol. The van der Waals surface area contributed by atoms with Crippen molar-refractivity contribution in [3.63, 3.8) is 0 Å². The van der Waals surface area contributed by atoms with Gasteiger partial charge in [0, 0.05) is 45.0 Å². The van der Waals surface area contributed by atoms with Gasteiger partial charge >= 0.3 is 11.9 Å². The van der Waals surface area contributed by atoms with Gasteiger partial charge in [-0.25, -0.2) is 9.59 Å². The van der Waals surface area contributed by atoms with Crippen LogP contribution in [0, 0.1) is 0 Å². The van der Waals surface area contributed by atoms with Crippen molar-refractivity contribution in [2.45, 2.75) is 20.7 Å². The molecule has 1 aromatic rings. The van der Waals surface area contributed by atoms with E-state index >= 15 is 0 Å². The van der Waals surface area contributed by atoms with Crippen molar-refractivity contribution in [1.29, 1.82) is 0 Å². The number of hydrogen-bond acceptors (Lipinski definition) is 10. The Bertz CT molecular complexity index is 874. The summed E-state index contributed by atoms with van der Waals surface area (Å²) in [6, 6.07) is 8.84. The normalized spacial score (nSPS) is 19.3. The first-order chi connectivity index (χ1) is 16.6. The summed E-state index contributed by atoms with van der Waals surface area (Å²) in [4.78, 5) is 24.6. The molecule has 3 rings (SSSR count). The molecule has 34 heavy (non-hydrogen) atoms. The number of benzene rings is 1. The highest BCUT2D eigenvalue weighted by Crippen LogP contribution is 2.42. The van der Waals surface area contributed by atoms with Crippen LogP contribution in [0.1, 0.15) is 11.1 Å². The topological polar surface area (TPSA) is 52.6 Å². The van der Waals surface area contributed by atoms with Gasteiger partial charge in [0.1, 0.15) is 13.2 Å². The molecule has 182 valence electrons. The summed E-state index contributed by atoms with van der Waals surface area (Å²) in [7, 11) is 0. The van der Waals surface area contributed by atoms with Crippen molar-refractivity contribution >= 4 is 82.5 Å². The van der Waals surface area contributed by atoms with Crippen molar-refractivity contribution in [3.8, 4) is 0 Å². The van der Waals surface area contributed by atoms with Crippen LogP contribution in [0.2, 0.25) is 0 Å². The van der Waals surface area contributed by atoms with Crippen LogP contribution >= 0.6 is 70.6 Å². The van der Waals surface area contributed by atoms with Crippen molar-refractivity contribution in [2.24, 2.45) is 0 Å². The average Bonchev–Trinajstić information content (AvgIpc) is 3.50. The molecule has 2 unspecified atom stereocenters. The van der Waals surface area contributed by atoms with E-state index in [0.717, 1.165) is 32.8 Å². The van der Waals surface area contributed by atoms with E-state index in [-0.39, 0.29) is 11.9 Å². The van der Waals surface area contributed by atoms with E-state index in [1.54, 1.807) is 47.0 Å². The summed E-state index contributed by atoms with van der Waals surface area (Å²) in [6.07, 6.45) is 2.39. The fourth-order valence-corrected chi connectivity index (χ4v) is 10.5. The van der Waals surface area contributed by atoms with Crippen molar-refractivity contribution < 1.29 is 19.1 Å². The summed E-state index contributed by atoms with van der Waals surface area (Å²) >= 11 is 11.0. The van der Waals surface area contributed by atoms with Gasteiger partial charge in [0.2, 0.25) is 0 Å². The Balaban J connectivity index is 1.29. The largest absolute Gasteiger partial charge is 0.457 e. The summed E-state index contributed by atoms with van der Waals surface area (Å²) in [5.41, 5.74) is 2.70. The van der Waals surface area contributed by atoms with Gasteiger partial charge < -0.3 is 9.47 Å². The second-order valence-corrected chi connectivity index (χ2v) is 14.5. The molecular formula is C24H26O4S6.